The molecular formula is C15H23ClN2O2S. The molecule has 0 aliphatic carbocycles. The molecule has 1 aromatic carbocycles. The predicted octanol–water partition coefficient (Wildman–Crippen LogP) is 2.28. The minimum Gasteiger partial charge on any atom is -0.306 e. The Kier molecular flexibility index (Phi) is 5.66. The van der Waals surface area contributed by atoms with Gasteiger partial charge >= 0.3 is 0 Å². The van der Waals surface area contributed by atoms with Gasteiger partial charge in [0.1, 0.15) is 0 Å². The molecule has 0 saturated carbocycles. The Bertz CT molecular complexity index is 552. The second-order valence-corrected chi connectivity index (χ2v) is 8.05. The third-order valence-corrected chi connectivity index (χ3v) is 6.35. The van der Waals surface area contributed by atoms with Crippen LogP contribution >= 0.6 is 11.6 Å². The smallest absolute Gasteiger partial charge is 0.218 e. The lowest BCUT2D eigenvalue weighted by molar-refractivity contribution is 0.197. The van der Waals surface area contributed by atoms with Gasteiger partial charge in [-0.2, -0.15) is 0 Å². The first-order valence-corrected chi connectivity index (χ1v) is 9.35. The molecule has 2 rings (SSSR count). The molecule has 21 heavy (non-hydrogen) atoms. The molecule has 1 aromatic rings. The van der Waals surface area contributed by atoms with E-state index in [2.05, 4.69) is 11.9 Å². The van der Waals surface area contributed by atoms with E-state index in [0.717, 1.165) is 37.1 Å². The average Bonchev–Trinajstić information content (AvgIpc) is 2.48. The maximum atomic E-state index is 12.5. The minimum absolute atomic E-state index is 0.0540. The molecule has 4 nitrogen and oxygen atoms in total. The zero-order valence-electron chi connectivity index (χ0n) is 12.6. The van der Waals surface area contributed by atoms with Crippen molar-refractivity contribution in [2.45, 2.75) is 30.5 Å². The first kappa shape index (κ1) is 16.7. The molecule has 0 amide bonds. The maximum absolute atomic E-state index is 12.5. The van der Waals surface area contributed by atoms with E-state index in [1.54, 1.807) is 11.4 Å². The van der Waals surface area contributed by atoms with Crippen LogP contribution in [-0.2, 0) is 21.7 Å². The third-order valence-electron chi connectivity index (χ3n) is 4.17. The number of hydrogen-bond donors (Lipinski definition) is 0. The molecule has 0 aromatic heterocycles. The standard InChI is InChI=1S/C15H23ClN2O2S/c1-17-9-7-15(8-10-17)18(2)21(19,20)12-14-5-3-13(11-16)4-6-14/h3-6,15H,7-12H2,1-2H3. The average molecular weight is 331 g/mol. The fourth-order valence-corrected chi connectivity index (χ4v) is 4.28. The Morgan fingerprint density at radius 2 is 1.71 bits per heavy atom. The van der Waals surface area contributed by atoms with Gasteiger partial charge in [0, 0.05) is 19.0 Å². The molecule has 1 aliphatic rings. The maximum Gasteiger partial charge on any atom is 0.218 e. The van der Waals surface area contributed by atoms with Crippen molar-refractivity contribution in [2.24, 2.45) is 0 Å². The Morgan fingerprint density at radius 1 is 1.19 bits per heavy atom. The number of halogens is 1. The highest BCUT2D eigenvalue weighted by Crippen LogP contribution is 2.20. The molecule has 6 heteroatoms. The summed E-state index contributed by atoms with van der Waals surface area (Å²) < 4.78 is 26.6. The molecule has 0 N–H and O–H groups in total. The monoisotopic (exact) mass is 330 g/mol. The normalized spacial score (nSPS) is 18.3. The first-order chi connectivity index (χ1) is 9.92. The summed E-state index contributed by atoms with van der Waals surface area (Å²) >= 11 is 5.75. The number of alkyl halides is 1. The van der Waals surface area contributed by atoms with Gasteiger partial charge in [0.15, 0.2) is 0 Å². The Labute approximate surface area is 132 Å². The third kappa shape index (κ3) is 4.42. The summed E-state index contributed by atoms with van der Waals surface area (Å²) in [5.74, 6) is 0.501. The van der Waals surface area contributed by atoms with Gasteiger partial charge in [-0.25, -0.2) is 12.7 Å². The number of piperidine rings is 1. The van der Waals surface area contributed by atoms with Gasteiger partial charge < -0.3 is 4.90 Å². The minimum atomic E-state index is -3.27. The first-order valence-electron chi connectivity index (χ1n) is 7.20. The van der Waals surface area contributed by atoms with Crippen molar-refractivity contribution >= 4 is 21.6 Å². The molecular weight excluding hydrogens is 308 g/mol. The summed E-state index contributed by atoms with van der Waals surface area (Å²) in [6.45, 7) is 1.91. The van der Waals surface area contributed by atoms with Crippen molar-refractivity contribution in [3.8, 4) is 0 Å². The Balaban J connectivity index is 2.02. The van der Waals surface area contributed by atoms with Gasteiger partial charge in [0.25, 0.3) is 0 Å². The van der Waals surface area contributed by atoms with Crippen LogP contribution in [0.5, 0.6) is 0 Å². The van der Waals surface area contributed by atoms with Crippen LogP contribution in [0.4, 0.5) is 0 Å². The molecule has 1 aliphatic heterocycles. The number of nitrogens with zero attached hydrogens (tertiary/aromatic N) is 2. The van der Waals surface area contributed by atoms with E-state index in [0.29, 0.717) is 5.88 Å². The van der Waals surface area contributed by atoms with Crippen LogP contribution in [0.3, 0.4) is 0 Å². The molecule has 118 valence electrons. The van der Waals surface area contributed by atoms with E-state index >= 15 is 0 Å². The Hall–Kier alpha value is -0.620. The van der Waals surface area contributed by atoms with Gasteiger partial charge in [-0.05, 0) is 44.1 Å². The van der Waals surface area contributed by atoms with Gasteiger partial charge in [-0.3, -0.25) is 0 Å². The van der Waals surface area contributed by atoms with Crippen LogP contribution in [0.15, 0.2) is 24.3 Å². The second-order valence-electron chi connectivity index (χ2n) is 5.76. The van der Waals surface area contributed by atoms with Crippen LogP contribution in [0.25, 0.3) is 0 Å². The quantitative estimate of drug-likeness (QED) is 0.778. The Morgan fingerprint density at radius 3 is 2.24 bits per heavy atom. The van der Waals surface area contributed by atoms with Crippen molar-refractivity contribution in [2.75, 3.05) is 27.2 Å². The number of hydrogen-bond acceptors (Lipinski definition) is 3. The van der Waals surface area contributed by atoms with Gasteiger partial charge in [0.2, 0.25) is 10.0 Å². The van der Waals surface area contributed by atoms with Crippen LogP contribution < -0.4 is 0 Å². The second kappa shape index (κ2) is 7.09. The summed E-state index contributed by atoms with van der Waals surface area (Å²) in [5, 5.41) is 0. The van der Waals surface area contributed by atoms with E-state index in [9.17, 15) is 8.42 Å². The molecule has 0 atom stereocenters. The fraction of sp³-hybridized carbons (Fsp3) is 0.600. The molecule has 0 unspecified atom stereocenters. The van der Waals surface area contributed by atoms with Gasteiger partial charge in [-0.15, -0.1) is 11.6 Å². The highest BCUT2D eigenvalue weighted by Gasteiger charge is 2.28. The van der Waals surface area contributed by atoms with Crippen LogP contribution in [-0.4, -0.2) is 50.8 Å². The SMILES string of the molecule is CN1CCC(N(C)S(=O)(=O)Cc2ccc(CCl)cc2)CC1. The van der Waals surface area contributed by atoms with E-state index in [-0.39, 0.29) is 11.8 Å². The number of sulfonamides is 1. The summed E-state index contributed by atoms with van der Waals surface area (Å²) in [6.07, 6.45) is 1.80. The lowest BCUT2D eigenvalue weighted by Crippen LogP contribution is -2.44. The van der Waals surface area contributed by atoms with E-state index in [1.165, 1.54) is 0 Å². The number of rotatable bonds is 5. The molecule has 1 saturated heterocycles. The number of likely N-dealkylation sites (tertiary alicyclic amines) is 1. The van der Waals surface area contributed by atoms with Crippen molar-refractivity contribution in [1.29, 1.82) is 0 Å². The molecule has 0 spiro atoms. The fourth-order valence-electron chi connectivity index (χ4n) is 2.62. The van der Waals surface area contributed by atoms with Gasteiger partial charge in [0.05, 0.1) is 5.75 Å². The summed E-state index contributed by atoms with van der Waals surface area (Å²) in [4.78, 5) is 2.24. The topological polar surface area (TPSA) is 40.6 Å². The van der Waals surface area contributed by atoms with E-state index in [1.807, 2.05) is 24.3 Å². The van der Waals surface area contributed by atoms with E-state index < -0.39 is 10.0 Å². The molecule has 0 radical (unpaired) electrons. The highest BCUT2D eigenvalue weighted by atomic mass is 35.5. The lowest BCUT2D eigenvalue weighted by atomic mass is 10.1. The summed E-state index contributed by atoms with van der Waals surface area (Å²) in [5.41, 5.74) is 1.81. The summed E-state index contributed by atoms with van der Waals surface area (Å²) in [7, 11) is 0.511. The van der Waals surface area contributed by atoms with Crippen LogP contribution in [0, 0.1) is 0 Å². The van der Waals surface area contributed by atoms with Crippen molar-refractivity contribution in [3.63, 3.8) is 0 Å². The molecule has 0 bridgehead atoms. The largest absolute Gasteiger partial charge is 0.306 e. The number of benzene rings is 1. The lowest BCUT2D eigenvalue weighted by Gasteiger charge is -2.34. The van der Waals surface area contributed by atoms with Gasteiger partial charge in [-0.1, -0.05) is 24.3 Å². The zero-order chi connectivity index (χ0) is 15.5. The zero-order valence-corrected chi connectivity index (χ0v) is 14.2. The molecule has 1 fully saturated rings. The van der Waals surface area contributed by atoms with Crippen molar-refractivity contribution in [3.05, 3.63) is 35.4 Å². The molecule has 1 heterocycles. The predicted molar refractivity (Wildman–Crippen MR) is 86.9 cm³/mol. The highest BCUT2D eigenvalue weighted by molar-refractivity contribution is 7.88. The van der Waals surface area contributed by atoms with Crippen LogP contribution in [0.1, 0.15) is 24.0 Å². The summed E-state index contributed by atoms with van der Waals surface area (Å²) in [6, 6.07) is 7.57. The van der Waals surface area contributed by atoms with E-state index in [4.69, 9.17) is 11.6 Å². The van der Waals surface area contributed by atoms with Crippen molar-refractivity contribution in [1.82, 2.24) is 9.21 Å². The van der Waals surface area contributed by atoms with Crippen molar-refractivity contribution < 1.29 is 8.42 Å². The van der Waals surface area contributed by atoms with Crippen LogP contribution in [0.2, 0.25) is 0 Å².